The minimum atomic E-state index is 0.0569. The molecule has 1 amide bonds. The van der Waals surface area contributed by atoms with Crippen LogP contribution in [0.2, 0.25) is 0 Å². The van der Waals surface area contributed by atoms with Crippen LogP contribution in [0.1, 0.15) is 60.0 Å². The summed E-state index contributed by atoms with van der Waals surface area (Å²) in [7, 11) is 1.67. The average molecular weight is 385 g/mol. The van der Waals surface area contributed by atoms with Gasteiger partial charge in [0.1, 0.15) is 5.75 Å². The Morgan fingerprint density at radius 1 is 1.32 bits per heavy atom. The average Bonchev–Trinajstić information content (AvgIpc) is 3.28. The van der Waals surface area contributed by atoms with E-state index < -0.39 is 0 Å². The van der Waals surface area contributed by atoms with Crippen molar-refractivity contribution >= 4 is 5.91 Å². The molecule has 3 rings (SSSR count). The van der Waals surface area contributed by atoms with E-state index in [1.165, 1.54) is 0 Å². The second-order valence-electron chi connectivity index (χ2n) is 7.88. The highest BCUT2D eigenvalue weighted by atomic mass is 16.5. The zero-order valence-corrected chi connectivity index (χ0v) is 17.7. The molecule has 1 saturated heterocycles. The summed E-state index contributed by atoms with van der Waals surface area (Å²) in [5.41, 5.74) is 3.92. The molecule has 0 saturated carbocycles. The first-order valence-electron chi connectivity index (χ1n) is 10.1. The summed E-state index contributed by atoms with van der Waals surface area (Å²) in [5, 5.41) is 0. The number of amides is 1. The summed E-state index contributed by atoms with van der Waals surface area (Å²) in [6, 6.07) is 10.2. The molecule has 152 valence electrons. The lowest BCUT2D eigenvalue weighted by atomic mass is 10.1. The number of benzene rings is 1. The maximum absolute atomic E-state index is 13.6. The Balaban J connectivity index is 1.92. The molecule has 0 aliphatic carbocycles. The monoisotopic (exact) mass is 384 g/mol. The van der Waals surface area contributed by atoms with Crippen LogP contribution in [0.15, 0.2) is 30.3 Å². The van der Waals surface area contributed by atoms with Gasteiger partial charge in [-0.05, 0) is 52.7 Å². The first-order chi connectivity index (χ1) is 13.4. The van der Waals surface area contributed by atoms with Gasteiger partial charge in [0.2, 0.25) is 0 Å². The van der Waals surface area contributed by atoms with Crippen LogP contribution in [0.3, 0.4) is 0 Å². The van der Waals surface area contributed by atoms with Crippen LogP contribution >= 0.6 is 0 Å². The highest BCUT2D eigenvalue weighted by molar-refractivity contribution is 5.95. The third-order valence-electron chi connectivity index (χ3n) is 5.52. The smallest absolute Gasteiger partial charge is 0.256 e. The molecule has 0 N–H and O–H groups in total. The second kappa shape index (κ2) is 8.82. The molecule has 0 bridgehead atoms. The maximum atomic E-state index is 13.6. The quantitative estimate of drug-likeness (QED) is 0.705. The third kappa shape index (κ3) is 4.25. The van der Waals surface area contributed by atoms with Crippen molar-refractivity contribution in [2.75, 3.05) is 20.3 Å². The predicted octanol–water partition coefficient (Wildman–Crippen LogP) is 4.52. The van der Waals surface area contributed by atoms with Crippen LogP contribution in [0, 0.1) is 13.8 Å². The fourth-order valence-electron chi connectivity index (χ4n) is 4.25. The Morgan fingerprint density at radius 3 is 2.68 bits per heavy atom. The number of nitrogens with zero attached hydrogens (tertiary/aromatic N) is 2. The summed E-state index contributed by atoms with van der Waals surface area (Å²) >= 11 is 0. The van der Waals surface area contributed by atoms with Gasteiger partial charge in [0, 0.05) is 42.7 Å². The number of ether oxygens (including phenoxy) is 2. The van der Waals surface area contributed by atoms with Gasteiger partial charge in [-0.15, -0.1) is 0 Å². The Kier molecular flexibility index (Phi) is 6.45. The molecule has 1 fully saturated rings. The lowest BCUT2D eigenvalue weighted by molar-refractivity contribution is 0.0505. The van der Waals surface area contributed by atoms with Crippen LogP contribution in [0.5, 0.6) is 5.75 Å². The van der Waals surface area contributed by atoms with E-state index >= 15 is 0 Å². The number of hydrogen-bond acceptors (Lipinski definition) is 3. The predicted molar refractivity (Wildman–Crippen MR) is 111 cm³/mol. The highest BCUT2D eigenvalue weighted by Gasteiger charge is 2.27. The zero-order chi connectivity index (χ0) is 20.3. The van der Waals surface area contributed by atoms with Gasteiger partial charge in [-0.1, -0.05) is 18.2 Å². The number of carbonyl (C=O) groups excluding carboxylic acids is 1. The lowest BCUT2D eigenvalue weighted by Gasteiger charge is -2.26. The Hall–Kier alpha value is -2.27. The van der Waals surface area contributed by atoms with Crippen LogP contribution in [0.4, 0.5) is 0 Å². The Bertz CT molecular complexity index is 819. The molecular weight excluding hydrogens is 352 g/mol. The molecule has 1 aliphatic rings. The van der Waals surface area contributed by atoms with Crippen molar-refractivity contribution in [2.45, 2.75) is 59.2 Å². The normalized spacial score (nSPS) is 16.6. The van der Waals surface area contributed by atoms with Crippen molar-refractivity contribution in [3.05, 3.63) is 52.8 Å². The first-order valence-corrected chi connectivity index (χ1v) is 10.1. The molecule has 0 radical (unpaired) electrons. The molecule has 1 unspecified atom stereocenters. The molecule has 1 aromatic heterocycles. The van der Waals surface area contributed by atoms with Gasteiger partial charge in [-0.2, -0.15) is 0 Å². The minimum absolute atomic E-state index is 0.0569. The zero-order valence-electron chi connectivity index (χ0n) is 17.7. The third-order valence-corrected chi connectivity index (χ3v) is 5.52. The number of aromatic nitrogens is 1. The fourth-order valence-corrected chi connectivity index (χ4v) is 4.25. The van der Waals surface area contributed by atoms with E-state index in [0.29, 0.717) is 19.1 Å². The highest BCUT2D eigenvalue weighted by Crippen LogP contribution is 2.25. The van der Waals surface area contributed by atoms with Gasteiger partial charge in [0.15, 0.2) is 0 Å². The van der Waals surface area contributed by atoms with Gasteiger partial charge < -0.3 is 18.9 Å². The molecule has 1 atom stereocenters. The standard InChI is InChI=1S/C23H32N2O3/c1-16(2)25-17(3)13-21(18(25)4)23(26)24(15-20-10-8-12-28-20)14-19-9-6-7-11-22(19)27-5/h6-7,9,11,13,16,20H,8,10,12,14-15H2,1-5H3. The summed E-state index contributed by atoms with van der Waals surface area (Å²) in [6.07, 6.45) is 2.16. The summed E-state index contributed by atoms with van der Waals surface area (Å²) < 4.78 is 13.6. The Morgan fingerprint density at radius 2 is 2.07 bits per heavy atom. The minimum Gasteiger partial charge on any atom is -0.496 e. The summed E-state index contributed by atoms with van der Waals surface area (Å²) in [5.74, 6) is 0.863. The fraction of sp³-hybridized carbons (Fsp3) is 0.522. The van der Waals surface area contributed by atoms with E-state index in [4.69, 9.17) is 9.47 Å². The number of rotatable bonds is 7. The van der Waals surface area contributed by atoms with Gasteiger partial charge in [-0.3, -0.25) is 4.79 Å². The largest absolute Gasteiger partial charge is 0.496 e. The summed E-state index contributed by atoms with van der Waals surface area (Å²) in [4.78, 5) is 15.5. The maximum Gasteiger partial charge on any atom is 0.256 e. The van der Waals surface area contributed by atoms with E-state index in [9.17, 15) is 4.79 Å². The molecular formula is C23H32N2O3. The molecule has 2 aromatic rings. The van der Waals surface area contributed by atoms with Gasteiger partial charge in [0.05, 0.1) is 18.8 Å². The van der Waals surface area contributed by atoms with E-state index in [2.05, 4.69) is 25.3 Å². The van der Waals surface area contributed by atoms with Crippen molar-refractivity contribution in [3.63, 3.8) is 0 Å². The van der Waals surface area contributed by atoms with Gasteiger partial charge in [-0.25, -0.2) is 0 Å². The number of carbonyl (C=O) groups is 1. The SMILES string of the molecule is COc1ccccc1CN(CC1CCCO1)C(=O)c1cc(C)n(C(C)C)c1C. The summed E-state index contributed by atoms with van der Waals surface area (Å²) in [6.45, 7) is 10.3. The number of hydrogen-bond donors (Lipinski definition) is 0. The molecule has 28 heavy (non-hydrogen) atoms. The Labute approximate surface area is 168 Å². The molecule has 1 aromatic carbocycles. The lowest BCUT2D eigenvalue weighted by Crippen LogP contribution is -2.37. The number of methoxy groups -OCH3 is 1. The topological polar surface area (TPSA) is 43.7 Å². The van der Waals surface area contributed by atoms with E-state index in [0.717, 1.165) is 47.7 Å². The van der Waals surface area contributed by atoms with Crippen molar-refractivity contribution < 1.29 is 14.3 Å². The number of para-hydroxylation sites is 1. The van der Waals surface area contributed by atoms with Crippen LogP contribution in [-0.2, 0) is 11.3 Å². The first kappa shape index (κ1) is 20.5. The molecule has 1 aliphatic heterocycles. The van der Waals surface area contributed by atoms with Crippen molar-refractivity contribution in [3.8, 4) is 5.75 Å². The second-order valence-corrected chi connectivity index (χ2v) is 7.88. The molecule has 5 nitrogen and oxygen atoms in total. The van der Waals surface area contributed by atoms with Crippen LogP contribution in [-0.4, -0.2) is 41.7 Å². The molecule has 0 spiro atoms. The van der Waals surface area contributed by atoms with E-state index in [-0.39, 0.29) is 12.0 Å². The van der Waals surface area contributed by atoms with Gasteiger partial charge >= 0.3 is 0 Å². The van der Waals surface area contributed by atoms with Crippen LogP contribution < -0.4 is 4.74 Å². The van der Waals surface area contributed by atoms with Crippen molar-refractivity contribution in [2.24, 2.45) is 0 Å². The van der Waals surface area contributed by atoms with Crippen LogP contribution in [0.25, 0.3) is 0 Å². The van der Waals surface area contributed by atoms with Crippen molar-refractivity contribution in [1.82, 2.24) is 9.47 Å². The van der Waals surface area contributed by atoms with E-state index in [1.54, 1.807) is 7.11 Å². The van der Waals surface area contributed by atoms with Crippen molar-refractivity contribution in [1.29, 1.82) is 0 Å². The van der Waals surface area contributed by atoms with E-state index in [1.807, 2.05) is 42.2 Å². The molecule has 2 heterocycles. The number of aryl methyl sites for hydroxylation is 1. The molecule has 5 heteroatoms. The van der Waals surface area contributed by atoms with Gasteiger partial charge in [0.25, 0.3) is 5.91 Å².